The molecule has 6 nitrogen and oxygen atoms in total. The average molecular weight is 329 g/mol. The second-order valence-electron chi connectivity index (χ2n) is 6.09. The monoisotopic (exact) mass is 329 g/mol. The van der Waals surface area contributed by atoms with Crippen molar-refractivity contribution in [3.63, 3.8) is 0 Å². The van der Waals surface area contributed by atoms with Gasteiger partial charge in [0.05, 0.1) is 25.5 Å². The van der Waals surface area contributed by atoms with Crippen molar-refractivity contribution in [2.45, 2.75) is 19.8 Å². The van der Waals surface area contributed by atoms with Crippen LogP contribution in [0.15, 0.2) is 30.3 Å². The van der Waals surface area contributed by atoms with Crippen LogP contribution in [0.5, 0.6) is 0 Å². The zero-order chi connectivity index (χ0) is 16.9. The molecule has 1 aromatic carbocycles. The number of hydrogen-bond acceptors (Lipinski definition) is 4. The Labute approximate surface area is 142 Å². The van der Waals surface area contributed by atoms with E-state index in [-0.39, 0.29) is 11.8 Å². The van der Waals surface area contributed by atoms with Gasteiger partial charge < -0.3 is 9.64 Å². The van der Waals surface area contributed by atoms with Crippen LogP contribution < -0.4 is 5.43 Å². The van der Waals surface area contributed by atoms with E-state index in [0.29, 0.717) is 45.7 Å². The molecular formula is C18H23N3O3. The molecule has 2 amide bonds. The minimum atomic E-state index is -0.0133. The second kappa shape index (κ2) is 7.49. The maximum atomic E-state index is 12.2. The van der Waals surface area contributed by atoms with E-state index in [1.165, 1.54) is 5.56 Å². The number of ether oxygens (including phenoxy) is 1. The predicted octanol–water partition coefficient (Wildman–Crippen LogP) is 1.32. The maximum absolute atomic E-state index is 12.2. The summed E-state index contributed by atoms with van der Waals surface area (Å²) in [6, 6.07) is 8.14. The number of rotatable bonds is 4. The summed E-state index contributed by atoms with van der Waals surface area (Å²) in [5, 5.41) is 1.55. The summed E-state index contributed by atoms with van der Waals surface area (Å²) in [6.45, 7) is 4.86. The molecule has 3 rings (SSSR count). The predicted molar refractivity (Wildman–Crippen MR) is 90.6 cm³/mol. The highest BCUT2D eigenvalue weighted by Gasteiger charge is 2.22. The smallest absolute Gasteiger partial charge is 0.244 e. The lowest BCUT2D eigenvalue weighted by Crippen LogP contribution is -2.47. The summed E-state index contributed by atoms with van der Waals surface area (Å²) in [5.41, 5.74) is 6.29. The van der Waals surface area contributed by atoms with Gasteiger partial charge in [-0.1, -0.05) is 29.8 Å². The minimum Gasteiger partial charge on any atom is -0.378 e. The quantitative estimate of drug-likeness (QED) is 0.905. The molecule has 0 radical (unpaired) electrons. The Balaban J connectivity index is 1.57. The molecule has 1 aromatic rings. The number of hydrogen-bond donors (Lipinski definition) is 1. The first-order valence-electron chi connectivity index (χ1n) is 8.33. The van der Waals surface area contributed by atoms with Gasteiger partial charge in [0.1, 0.15) is 0 Å². The summed E-state index contributed by atoms with van der Waals surface area (Å²) in [4.78, 5) is 26.1. The fourth-order valence-corrected chi connectivity index (χ4v) is 2.83. The third kappa shape index (κ3) is 3.94. The van der Waals surface area contributed by atoms with Crippen molar-refractivity contribution in [3.05, 3.63) is 41.5 Å². The number of morpholine rings is 1. The number of carbonyl (C=O) groups excluding carboxylic acids is 2. The first-order chi connectivity index (χ1) is 11.6. The Morgan fingerprint density at radius 1 is 1.21 bits per heavy atom. The number of nitrogens with one attached hydrogen (secondary N) is 1. The molecule has 2 aliphatic heterocycles. The molecule has 0 aliphatic carbocycles. The highest BCUT2D eigenvalue weighted by Crippen LogP contribution is 2.18. The molecule has 1 N–H and O–H groups in total. The van der Waals surface area contributed by atoms with Crippen LogP contribution in [-0.2, 0) is 14.3 Å². The largest absolute Gasteiger partial charge is 0.378 e. The number of nitrogens with zero attached hydrogens (tertiary/aromatic N) is 2. The summed E-state index contributed by atoms with van der Waals surface area (Å²) in [6.07, 6.45) is 2.56. The number of amides is 2. The van der Waals surface area contributed by atoms with E-state index in [0.717, 1.165) is 11.3 Å². The van der Waals surface area contributed by atoms with Crippen LogP contribution in [0.2, 0.25) is 0 Å². The molecule has 0 aromatic heterocycles. The van der Waals surface area contributed by atoms with Crippen molar-refractivity contribution in [2.24, 2.45) is 0 Å². The molecule has 1 fully saturated rings. The van der Waals surface area contributed by atoms with Crippen LogP contribution in [0.4, 0.5) is 0 Å². The number of carbonyl (C=O) groups is 2. The summed E-state index contributed by atoms with van der Waals surface area (Å²) in [5.74, 6) is 0.0555. The summed E-state index contributed by atoms with van der Waals surface area (Å²) in [7, 11) is 0. The van der Waals surface area contributed by atoms with E-state index in [1.54, 1.807) is 9.91 Å². The minimum absolute atomic E-state index is 0.0133. The van der Waals surface area contributed by atoms with E-state index in [9.17, 15) is 9.59 Å². The number of benzene rings is 1. The van der Waals surface area contributed by atoms with Gasteiger partial charge in [0.25, 0.3) is 0 Å². The third-order valence-electron chi connectivity index (χ3n) is 4.31. The second-order valence-corrected chi connectivity index (χ2v) is 6.09. The lowest BCUT2D eigenvalue weighted by atomic mass is 10.1. The van der Waals surface area contributed by atoms with Gasteiger partial charge in [-0.2, -0.15) is 0 Å². The van der Waals surface area contributed by atoms with Gasteiger partial charge in [0, 0.05) is 25.9 Å². The van der Waals surface area contributed by atoms with Crippen molar-refractivity contribution in [2.75, 3.05) is 32.8 Å². The highest BCUT2D eigenvalue weighted by atomic mass is 16.5. The molecule has 0 unspecified atom stereocenters. The Kier molecular flexibility index (Phi) is 5.15. The fraction of sp³-hybridized carbons (Fsp3) is 0.444. The van der Waals surface area contributed by atoms with E-state index in [2.05, 4.69) is 5.43 Å². The molecule has 1 saturated heterocycles. The van der Waals surface area contributed by atoms with E-state index in [1.807, 2.05) is 37.3 Å². The van der Waals surface area contributed by atoms with Gasteiger partial charge >= 0.3 is 0 Å². The SMILES string of the molecule is Cc1ccc(C2=CCC(=O)N(CCC(=O)N3CCOCC3)N2)cc1. The molecular weight excluding hydrogens is 306 g/mol. The molecule has 2 aliphatic rings. The van der Waals surface area contributed by atoms with E-state index < -0.39 is 0 Å². The van der Waals surface area contributed by atoms with Gasteiger partial charge in [-0.15, -0.1) is 0 Å². The highest BCUT2D eigenvalue weighted by molar-refractivity contribution is 5.84. The molecule has 2 heterocycles. The summed E-state index contributed by atoms with van der Waals surface area (Å²) < 4.78 is 5.25. The van der Waals surface area contributed by atoms with Gasteiger partial charge in [-0.25, -0.2) is 0 Å². The fourth-order valence-electron chi connectivity index (χ4n) is 2.83. The lowest BCUT2D eigenvalue weighted by Gasteiger charge is -2.31. The van der Waals surface area contributed by atoms with Crippen LogP contribution in [-0.4, -0.2) is 54.6 Å². The standard InChI is InChI=1S/C18H23N3O3/c1-14-2-4-15(5-3-14)16-6-7-18(23)21(19-16)9-8-17(22)20-10-12-24-13-11-20/h2-6,19H,7-13H2,1H3. The van der Waals surface area contributed by atoms with Crippen molar-refractivity contribution >= 4 is 17.5 Å². The van der Waals surface area contributed by atoms with Gasteiger partial charge in [-0.3, -0.25) is 20.0 Å². The van der Waals surface area contributed by atoms with E-state index in [4.69, 9.17) is 4.74 Å². The molecule has 128 valence electrons. The van der Waals surface area contributed by atoms with Crippen LogP contribution in [0.1, 0.15) is 24.0 Å². The van der Waals surface area contributed by atoms with Crippen molar-refractivity contribution in [1.82, 2.24) is 15.3 Å². The Morgan fingerprint density at radius 2 is 1.92 bits per heavy atom. The van der Waals surface area contributed by atoms with Gasteiger partial charge in [0.15, 0.2) is 0 Å². The van der Waals surface area contributed by atoms with Crippen LogP contribution >= 0.6 is 0 Å². The molecule has 6 heteroatoms. The third-order valence-corrected chi connectivity index (χ3v) is 4.31. The summed E-state index contributed by atoms with van der Waals surface area (Å²) >= 11 is 0. The lowest BCUT2D eigenvalue weighted by molar-refractivity contribution is -0.138. The molecule has 0 bridgehead atoms. The Bertz CT molecular complexity index is 633. The topological polar surface area (TPSA) is 61.9 Å². The number of aryl methyl sites for hydroxylation is 1. The number of hydrazine groups is 1. The Morgan fingerprint density at radius 3 is 2.62 bits per heavy atom. The average Bonchev–Trinajstić information content (AvgIpc) is 2.62. The van der Waals surface area contributed by atoms with Crippen LogP contribution in [0, 0.1) is 6.92 Å². The van der Waals surface area contributed by atoms with Crippen molar-refractivity contribution in [3.8, 4) is 0 Å². The van der Waals surface area contributed by atoms with Crippen molar-refractivity contribution in [1.29, 1.82) is 0 Å². The maximum Gasteiger partial charge on any atom is 0.244 e. The first-order valence-corrected chi connectivity index (χ1v) is 8.33. The van der Waals surface area contributed by atoms with Crippen molar-refractivity contribution < 1.29 is 14.3 Å². The molecule has 0 atom stereocenters. The van der Waals surface area contributed by atoms with Gasteiger partial charge in [0.2, 0.25) is 11.8 Å². The zero-order valence-electron chi connectivity index (χ0n) is 14.0. The molecule has 24 heavy (non-hydrogen) atoms. The first kappa shape index (κ1) is 16.5. The van der Waals surface area contributed by atoms with Crippen LogP contribution in [0.25, 0.3) is 5.70 Å². The zero-order valence-corrected chi connectivity index (χ0v) is 14.0. The Hall–Kier alpha value is -2.34. The van der Waals surface area contributed by atoms with Gasteiger partial charge in [-0.05, 0) is 18.6 Å². The normalized spacial score (nSPS) is 18.2. The van der Waals surface area contributed by atoms with Crippen LogP contribution in [0.3, 0.4) is 0 Å². The molecule has 0 spiro atoms. The van der Waals surface area contributed by atoms with E-state index >= 15 is 0 Å². The molecule has 0 saturated carbocycles.